The van der Waals surface area contributed by atoms with Crippen LogP contribution in [0.3, 0.4) is 0 Å². The Morgan fingerprint density at radius 2 is 1.10 bits per heavy atom. The zero-order valence-electron chi connectivity index (χ0n) is 32.1. The molecule has 48 heavy (non-hydrogen) atoms. The Balaban J connectivity index is 0.00000112. The van der Waals surface area contributed by atoms with Gasteiger partial charge in [-0.3, -0.25) is 0 Å². The molecular weight excluding hydrogens is 675 g/mol. The number of rotatable bonds is 26. The molecule has 2 rings (SSSR count). The third kappa shape index (κ3) is 19.9. The van der Waals surface area contributed by atoms with Crippen LogP contribution in [0.4, 0.5) is 0 Å². The first kappa shape index (κ1) is 44.0. The molecular formula is C45H72N2Pd. The monoisotopic (exact) mass is 746 g/mol. The number of allylic oxidation sites excluding steroid dienone is 2. The third-order valence-corrected chi connectivity index (χ3v) is 11.1. The van der Waals surface area contributed by atoms with Gasteiger partial charge in [0.15, 0.2) is 0 Å². The zero-order valence-corrected chi connectivity index (χ0v) is 33.6. The van der Waals surface area contributed by atoms with Gasteiger partial charge in [0.2, 0.25) is 0 Å². The van der Waals surface area contributed by atoms with E-state index in [1.165, 1.54) is 139 Å². The van der Waals surface area contributed by atoms with Crippen molar-refractivity contribution in [3.63, 3.8) is 0 Å². The molecule has 0 radical (unpaired) electrons. The van der Waals surface area contributed by atoms with E-state index in [0.29, 0.717) is 0 Å². The Labute approximate surface area is 306 Å². The Bertz CT molecular complexity index is 1180. The van der Waals surface area contributed by atoms with Gasteiger partial charge in [-0.05, 0) is 84.8 Å². The first-order valence-electron chi connectivity index (χ1n) is 19.9. The average Bonchev–Trinajstić information content (AvgIpc) is 3.11. The molecule has 0 aliphatic rings. The van der Waals surface area contributed by atoms with Crippen molar-refractivity contribution in [2.75, 3.05) is 0 Å². The summed E-state index contributed by atoms with van der Waals surface area (Å²) in [6.45, 7) is 13.6. The summed E-state index contributed by atoms with van der Waals surface area (Å²) in [4.78, 5) is 6.47. The fraction of sp³-hybridized carbons (Fsp3) is 0.644. The third-order valence-electron chi connectivity index (χ3n) is 8.91. The van der Waals surface area contributed by atoms with Crippen molar-refractivity contribution in [2.24, 2.45) is 0 Å². The molecule has 0 amide bonds. The number of aryl methyl sites for hydroxylation is 2. The predicted octanol–water partition coefficient (Wildman–Crippen LogP) is 14.8. The molecule has 0 aliphatic heterocycles. The molecule has 0 heterocycles. The van der Waals surface area contributed by atoms with E-state index in [1.54, 1.807) is 0 Å². The fourth-order valence-corrected chi connectivity index (χ4v) is 8.12. The van der Waals surface area contributed by atoms with E-state index >= 15 is 0 Å². The van der Waals surface area contributed by atoms with Gasteiger partial charge >= 0.3 is 73.2 Å². The normalized spacial score (nSPS) is 11.4. The van der Waals surface area contributed by atoms with Crippen LogP contribution in [0.25, 0.3) is 11.1 Å². The maximum atomic E-state index is 9.66. The molecule has 272 valence electrons. The van der Waals surface area contributed by atoms with Gasteiger partial charge in [0, 0.05) is 0 Å². The number of hydrogen-bond donors (Lipinski definition) is 0. The SMILES string of the molecule is CCCCCCCCC(C(=C=[N+]=[N-])CCCCC)=C(c1ccc(CCCC)cc1)c1cccc(CCCC)c1.CCC[CH2][Pd][CH2]CCC. The molecule has 0 aliphatic carbocycles. The molecule has 0 N–H and O–H groups in total. The minimum atomic E-state index is 0.899. The van der Waals surface area contributed by atoms with Crippen molar-refractivity contribution in [1.82, 2.24) is 0 Å². The van der Waals surface area contributed by atoms with Gasteiger partial charge in [-0.2, -0.15) is 0 Å². The van der Waals surface area contributed by atoms with Gasteiger partial charge < -0.3 is 5.53 Å². The molecule has 0 saturated carbocycles. The second kappa shape index (κ2) is 31.0. The Morgan fingerprint density at radius 1 is 0.562 bits per heavy atom. The van der Waals surface area contributed by atoms with E-state index in [9.17, 15) is 5.53 Å². The van der Waals surface area contributed by atoms with E-state index in [0.717, 1.165) is 62.1 Å². The maximum absolute atomic E-state index is 9.66. The minimum absolute atomic E-state index is 0.899. The molecule has 0 spiro atoms. The molecule has 0 aromatic heterocycles. The molecule has 3 heteroatoms. The first-order chi connectivity index (χ1) is 23.6. The molecule has 0 fully saturated rings. The molecule has 2 aromatic rings. The van der Waals surface area contributed by atoms with Crippen LogP contribution in [0.1, 0.15) is 186 Å². The van der Waals surface area contributed by atoms with Gasteiger partial charge in [-0.1, -0.05) is 134 Å². The van der Waals surface area contributed by atoms with Crippen molar-refractivity contribution in [3.8, 4) is 0 Å². The summed E-state index contributed by atoms with van der Waals surface area (Å²) in [5, 5.41) is 0. The average molecular weight is 748 g/mol. The summed E-state index contributed by atoms with van der Waals surface area (Å²) in [5.74, 6) is 3.05. The van der Waals surface area contributed by atoms with Crippen molar-refractivity contribution in [2.45, 2.75) is 186 Å². The fourth-order valence-electron chi connectivity index (χ4n) is 5.85. The van der Waals surface area contributed by atoms with Crippen LogP contribution in [-0.2, 0) is 30.8 Å². The molecule has 2 aromatic carbocycles. The van der Waals surface area contributed by atoms with Crippen LogP contribution in [0.2, 0.25) is 9.79 Å². The summed E-state index contributed by atoms with van der Waals surface area (Å²) in [6, 6.07) is 18.4. The molecule has 0 atom stereocenters. The van der Waals surface area contributed by atoms with Gasteiger partial charge in [-0.25, -0.2) is 0 Å². The van der Waals surface area contributed by atoms with Gasteiger partial charge in [-0.15, -0.1) is 4.79 Å². The van der Waals surface area contributed by atoms with Crippen LogP contribution >= 0.6 is 0 Å². The summed E-state index contributed by atoms with van der Waals surface area (Å²) >= 11 is 1.07. The quantitative estimate of drug-likeness (QED) is 0.0230. The number of nitrogens with zero attached hydrogens (tertiary/aromatic N) is 2. The first-order valence-corrected chi connectivity index (χ1v) is 22.1. The van der Waals surface area contributed by atoms with Crippen molar-refractivity contribution >= 4 is 11.4 Å². The predicted molar refractivity (Wildman–Crippen MR) is 210 cm³/mol. The van der Waals surface area contributed by atoms with Crippen molar-refractivity contribution in [1.29, 1.82) is 0 Å². The second-order valence-electron chi connectivity index (χ2n) is 13.3. The van der Waals surface area contributed by atoms with E-state index in [-0.39, 0.29) is 0 Å². The Kier molecular flexibility index (Phi) is 28.4. The molecule has 2 nitrogen and oxygen atoms in total. The van der Waals surface area contributed by atoms with Gasteiger partial charge in [0.05, 0.1) is 5.57 Å². The van der Waals surface area contributed by atoms with E-state index < -0.39 is 0 Å². The van der Waals surface area contributed by atoms with Crippen LogP contribution in [0, 0.1) is 0 Å². The molecule has 0 saturated heterocycles. The Hall–Kier alpha value is -2.00. The van der Waals surface area contributed by atoms with Gasteiger partial charge in [0.25, 0.3) is 0 Å². The van der Waals surface area contributed by atoms with Crippen molar-refractivity contribution < 1.29 is 22.8 Å². The van der Waals surface area contributed by atoms with Crippen LogP contribution < -0.4 is 0 Å². The zero-order chi connectivity index (χ0) is 35.1. The number of unbranched alkanes of at least 4 members (excludes halogenated alkanes) is 11. The topological polar surface area (TPSA) is 36.4 Å². The van der Waals surface area contributed by atoms with Crippen LogP contribution in [-0.4, -0.2) is 10.7 Å². The molecule has 0 unspecified atom stereocenters. The van der Waals surface area contributed by atoms with Crippen LogP contribution in [0.15, 0.2) is 59.7 Å². The summed E-state index contributed by atoms with van der Waals surface area (Å²) < 4.78 is 0. The van der Waals surface area contributed by atoms with E-state index in [1.807, 2.05) is 0 Å². The standard InChI is InChI=1S/C37H54N2.2C4H9.Pd/c1-5-9-13-14-15-17-24-36(35(30-39-38)22-16-10-6-2)37(33-27-25-31(26-28-33)19-11-7-3)34-23-18-21-32(29-34)20-12-8-4;2*1-3-4-2;/h18,21,23,25-29H,5-17,19-20,22,24H2,1-4H3;2*1,3-4H2,2H3;. The van der Waals surface area contributed by atoms with Crippen molar-refractivity contribution in [3.05, 3.63) is 87.5 Å². The van der Waals surface area contributed by atoms with Crippen LogP contribution in [0.5, 0.6) is 0 Å². The number of hydrogen-bond acceptors (Lipinski definition) is 0. The summed E-state index contributed by atoms with van der Waals surface area (Å²) in [7, 11) is 0. The second-order valence-corrected chi connectivity index (χ2v) is 15.6. The molecule has 0 bridgehead atoms. The van der Waals surface area contributed by atoms with E-state index in [2.05, 4.69) is 101 Å². The Morgan fingerprint density at radius 3 is 1.71 bits per heavy atom. The van der Waals surface area contributed by atoms with E-state index in [4.69, 9.17) is 0 Å². The number of benzene rings is 2. The summed E-state index contributed by atoms with van der Waals surface area (Å²) in [5.41, 5.74) is 18.7. The summed E-state index contributed by atoms with van der Waals surface area (Å²) in [6.07, 6.45) is 25.7. The van der Waals surface area contributed by atoms with Gasteiger partial charge in [0.1, 0.15) is 0 Å².